The van der Waals surface area contributed by atoms with Gasteiger partial charge in [-0.15, -0.1) is 0 Å². The number of nitrogens with two attached hydrogens (primary N) is 1. The Morgan fingerprint density at radius 1 is 1.28 bits per heavy atom. The summed E-state index contributed by atoms with van der Waals surface area (Å²) in [6.45, 7) is 1.65. The Balaban J connectivity index is 2.01. The molecule has 1 aliphatic rings. The lowest BCUT2D eigenvalue weighted by Crippen LogP contribution is -2.38. The summed E-state index contributed by atoms with van der Waals surface area (Å²) in [5.74, 6) is -0.203. The molecule has 18 heavy (non-hydrogen) atoms. The second-order valence-electron chi connectivity index (χ2n) is 4.38. The second kappa shape index (κ2) is 5.47. The molecule has 0 aromatic heterocycles. The molecule has 0 atom stereocenters. The van der Waals surface area contributed by atoms with E-state index in [1.807, 2.05) is 12.1 Å². The quantitative estimate of drug-likeness (QED) is 0.645. The molecular weight excluding hydrogens is 230 g/mol. The maximum atomic E-state index is 11.1. The van der Waals surface area contributed by atoms with Gasteiger partial charge in [0.15, 0.2) is 0 Å². The van der Waals surface area contributed by atoms with Crippen molar-refractivity contribution >= 4 is 23.4 Å². The summed E-state index contributed by atoms with van der Waals surface area (Å²) in [7, 11) is 0. The Kier molecular flexibility index (Phi) is 3.75. The summed E-state index contributed by atoms with van der Waals surface area (Å²) in [5.41, 5.74) is 6.97. The molecule has 1 fully saturated rings. The highest BCUT2D eigenvalue weighted by atomic mass is 16.1. The predicted molar refractivity (Wildman–Crippen MR) is 68.4 cm³/mol. The molecule has 0 saturated carbocycles. The average Bonchev–Trinajstić information content (AvgIpc) is 2.40. The Hall–Kier alpha value is -2.13. The Morgan fingerprint density at radius 2 is 1.89 bits per heavy atom. The zero-order chi connectivity index (χ0) is 13.0. The van der Waals surface area contributed by atoms with E-state index < -0.39 is 0 Å². The monoisotopic (exact) mass is 245 g/mol. The molecule has 1 saturated heterocycles. The van der Waals surface area contributed by atoms with Crippen LogP contribution in [0.2, 0.25) is 0 Å². The molecular formula is C13H15N3O2. The van der Waals surface area contributed by atoms with Gasteiger partial charge in [0.25, 0.3) is 0 Å². The number of hydrogen-bond acceptors (Lipinski definition) is 4. The number of aliphatic imine (C=N–C) groups is 1. The van der Waals surface area contributed by atoms with Gasteiger partial charge in [-0.05, 0) is 37.1 Å². The number of piperidine rings is 1. The van der Waals surface area contributed by atoms with Crippen molar-refractivity contribution in [1.82, 2.24) is 0 Å². The molecule has 94 valence electrons. The number of anilines is 1. The van der Waals surface area contributed by atoms with Gasteiger partial charge in [-0.1, -0.05) is 0 Å². The largest absolute Gasteiger partial charge is 0.371 e. The molecule has 5 heteroatoms. The molecule has 2 N–H and O–H groups in total. The van der Waals surface area contributed by atoms with Crippen LogP contribution in [0.15, 0.2) is 29.3 Å². The molecule has 2 rings (SSSR count). The summed E-state index contributed by atoms with van der Waals surface area (Å²) in [4.78, 5) is 26.9. The van der Waals surface area contributed by atoms with Gasteiger partial charge >= 0.3 is 0 Å². The van der Waals surface area contributed by atoms with Crippen LogP contribution in [0.25, 0.3) is 0 Å². The maximum Gasteiger partial charge on any atom is 0.240 e. The number of carbonyl (C=O) groups is 1. The van der Waals surface area contributed by atoms with Gasteiger partial charge in [0, 0.05) is 24.7 Å². The lowest BCUT2D eigenvalue weighted by atomic mass is 9.96. The van der Waals surface area contributed by atoms with Crippen LogP contribution in [-0.4, -0.2) is 25.1 Å². The molecule has 1 aromatic carbocycles. The molecule has 0 spiro atoms. The second-order valence-corrected chi connectivity index (χ2v) is 4.38. The first kappa shape index (κ1) is 12.3. The first-order valence-corrected chi connectivity index (χ1v) is 5.93. The smallest absolute Gasteiger partial charge is 0.240 e. The fraction of sp³-hybridized carbons (Fsp3) is 0.385. The topological polar surface area (TPSA) is 75.8 Å². The van der Waals surface area contributed by atoms with Gasteiger partial charge in [-0.25, -0.2) is 4.79 Å². The highest BCUT2D eigenvalue weighted by Gasteiger charge is 2.22. The number of nitrogens with zero attached hydrogens (tertiary/aromatic N) is 2. The number of carbonyl (C=O) groups excluding carboxylic acids is 2. The van der Waals surface area contributed by atoms with E-state index in [1.54, 1.807) is 12.1 Å². The van der Waals surface area contributed by atoms with E-state index in [0.717, 1.165) is 31.6 Å². The summed E-state index contributed by atoms with van der Waals surface area (Å²) in [6.07, 6.45) is 3.10. The minimum atomic E-state index is -0.203. The van der Waals surface area contributed by atoms with Crippen molar-refractivity contribution in [3.63, 3.8) is 0 Å². The third kappa shape index (κ3) is 2.76. The Morgan fingerprint density at radius 3 is 2.39 bits per heavy atom. The van der Waals surface area contributed by atoms with Crippen molar-refractivity contribution in [2.45, 2.75) is 12.8 Å². The molecule has 0 bridgehead atoms. The predicted octanol–water partition coefficient (Wildman–Crippen LogP) is 1.36. The number of hydrogen-bond donors (Lipinski definition) is 1. The van der Waals surface area contributed by atoms with Gasteiger partial charge in [-0.3, -0.25) is 4.79 Å². The highest BCUT2D eigenvalue weighted by Crippen LogP contribution is 2.24. The fourth-order valence-corrected chi connectivity index (χ4v) is 2.21. The minimum Gasteiger partial charge on any atom is -0.371 e. The van der Waals surface area contributed by atoms with E-state index >= 15 is 0 Å². The lowest BCUT2D eigenvalue weighted by Gasteiger charge is -2.32. The van der Waals surface area contributed by atoms with Gasteiger partial charge in [0.2, 0.25) is 12.0 Å². The van der Waals surface area contributed by atoms with Crippen LogP contribution >= 0.6 is 0 Å². The minimum absolute atomic E-state index is 0.000173. The summed E-state index contributed by atoms with van der Waals surface area (Å²) < 4.78 is 0. The average molecular weight is 245 g/mol. The lowest BCUT2D eigenvalue weighted by molar-refractivity contribution is -0.122. The SMILES string of the molecule is NC(=O)C1CCN(c2ccc(N=C=O)cc2)CC1. The summed E-state index contributed by atoms with van der Waals surface area (Å²) in [5, 5.41) is 0. The van der Waals surface area contributed by atoms with E-state index in [9.17, 15) is 9.59 Å². The third-order valence-corrected chi connectivity index (χ3v) is 3.29. The van der Waals surface area contributed by atoms with Gasteiger partial charge in [0.05, 0.1) is 5.69 Å². The van der Waals surface area contributed by atoms with Gasteiger partial charge < -0.3 is 10.6 Å². The third-order valence-electron chi connectivity index (χ3n) is 3.29. The summed E-state index contributed by atoms with van der Waals surface area (Å²) >= 11 is 0. The normalized spacial score (nSPS) is 16.1. The van der Waals surface area contributed by atoms with Gasteiger partial charge in [-0.2, -0.15) is 4.99 Å². The molecule has 1 aromatic rings. The van der Waals surface area contributed by atoms with E-state index in [1.165, 1.54) is 6.08 Å². The van der Waals surface area contributed by atoms with Crippen LogP contribution in [0.1, 0.15) is 12.8 Å². The van der Waals surface area contributed by atoms with E-state index in [-0.39, 0.29) is 11.8 Å². The number of rotatable bonds is 3. The molecule has 1 heterocycles. The van der Waals surface area contributed by atoms with Crippen molar-refractivity contribution in [2.75, 3.05) is 18.0 Å². The number of isocyanates is 1. The Labute approximate surface area is 105 Å². The molecule has 0 unspecified atom stereocenters. The van der Waals surface area contributed by atoms with Crippen molar-refractivity contribution in [1.29, 1.82) is 0 Å². The highest BCUT2D eigenvalue weighted by molar-refractivity contribution is 5.77. The van der Waals surface area contributed by atoms with Crippen LogP contribution in [0, 0.1) is 5.92 Å². The molecule has 0 radical (unpaired) electrons. The van der Waals surface area contributed by atoms with Crippen molar-refractivity contribution in [3.05, 3.63) is 24.3 Å². The van der Waals surface area contributed by atoms with Gasteiger partial charge in [0.1, 0.15) is 0 Å². The van der Waals surface area contributed by atoms with Crippen molar-refractivity contribution in [2.24, 2.45) is 16.6 Å². The standard InChI is InChI=1S/C13H15N3O2/c14-13(18)10-5-7-16(8-6-10)12-3-1-11(2-4-12)15-9-17/h1-4,10H,5-8H2,(H2,14,18). The van der Waals surface area contributed by atoms with E-state index in [4.69, 9.17) is 5.73 Å². The fourth-order valence-electron chi connectivity index (χ4n) is 2.21. The van der Waals surface area contributed by atoms with E-state index in [2.05, 4.69) is 9.89 Å². The van der Waals surface area contributed by atoms with E-state index in [0.29, 0.717) is 5.69 Å². The maximum absolute atomic E-state index is 11.1. The first-order valence-electron chi connectivity index (χ1n) is 5.93. The molecule has 5 nitrogen and oxygen atoms in total. The van der Waals surface area contributed by atoms with Crippen LogP contribution in [0.5, 0.6) is 0 Å². The zero-order valence-corrected chi connectivity index (χ0v) is 10.0. The first-order chi connectivity index (χ1) is 8.70. The molecule has 0 aliphatic carbocycles. The van der Waals surface area contributed by atoms with Crippen LogP contribution in [-0.2, 0) is 9.59 Å². The van der Waals surface area contributed by atoms with Crippen molar-refractivity contribution < 1.29 is 9.59 Å². The Bertz CT molecular complexity index is 470. The van der Waals surface area contributed by atoms with Crippen LogP contribution < -0.4 is 10.6 Å². The zero-order valence-electron chi connectivity index (χ0n) is 10.0. The number of amides is 1. The number of primary amides is 1. The summed E-state index contributed by atoms with van der Waals surface area (Å²) in [6, 6.07) is 7.39. The van der Waals surface area contributed by atoms with Crippen LogP contribution in [0.4, 0.5) is 11.4 Å². The van der Waals surface area contributed by atoms with Crippen LogP contribution in [0.3, 0.4) is 0 Å². The molecule has 1 aliphatic heterocycles. The molecule has 1 amide bonds. The number of benzene rings is 1. The van der Waals surface area contributed by atoms with Crippen molar-refractivity contribution in [3.8, 4) is 0 Å².